The van der Waals surface area contributed by atoms with Gasteiger partial charge in [0.05, 0.1) is 17.8 Å². The minimum Gasteiger partial charge on any atom is -0.381 e. The molecule has 0 spiro atoms. The highest BCUT2D eigenvalue weighted by Crippen LogP contribution is 2.33. The highest BCUT2D eigenvalue weighted by molar-refractivity contribution is 5.83. The van der Waals surface area contributed by atoms with Crippen molar-refractivity contribution in [2.45, 2.75) is 45.1 Å². The molecular weight excluding hydrogens is 236 g/mol. The fraction of sp³-hybridized carbons (Fsp3) is 0.562. The second-order valence-corrected chi connectivity index (χ2v) is 6.43. The van der Waals surface area contributed by atoms with Crippen LogP contribution in [0.15, 0.2) is 24.4 Å². The molecule has 0 bridgehead atoms. The summed E-state index contributed by atoms with van der Waals surface area (Å²) in [5.74, 6) is 0. The summed E-state index contributed by atoms with van der Waals surface area (Å²) in [7, 11) is 0. The third-order valence-corrected chi connectivity index (χ3v) is 3.96. The molecule has 2 heterocycles. The van der Waals surface area contributed by atoms with E-state index in [1.807, 2.05) is 6.20 Å². The zero-order valence-electron chi connectivity index (χ0n) is 12.0. The van der Waals surface area contributed by atoms with Gasteiger partial charge in [-0.05, 0) is 23.8 Å². The third kappa shape index (κ3) is 2.27. The van der Waals surface area contributed by atoms with Gasteiger partial charge in [0.2, 0.25) is 0 Å². The van der Waals surface area contributed by atoms with E-state index < -0.39 is 0 Å². The highest BCUT2D eigenvalue weighted by Gasteiger charge is 2.23. The Morgan fingerprint density at radius 1 is 1.21 bits per heavy atom. The number of para-hydroxylation sites is 1. The van der Waals surface area contributed by atoms with Crippen LogP contribution in [0.3, 0.4) is 0 Å². The molecule has 102 valence electrons. The van der Waals surface area contributed by atoms with Gasteiger partial charge >= 0.3 is 0 Å². The molecule has 1 aliphatic rings. The minimum absolute atomic E-state index is 0.141. The minimum atomic E-state index is 0.141. The molecule has 0 atom stereocenters. The van der Waals surface area contributed by atoms with Gasteiger partial charge in [-0.25, -0.2) is 0 Å². The number of rotatable bonds is 1. The third-order valence-electron chi connectivity index (χ3n) is 3.96. The molecule has 0 N–H and O–H groups in total. The van der Waals surface area contributed by atoms with Gasteiger partial charge in [0, 0.05) is 18.6 Å². The lowest BCUT2D eigenvalue weighted by Gasteiger charge is -2.26. The van der Waals surface area contributed by atoms with Crippen molar-refractivity contribution < 1.29 is 4.74 Å². The van der Waals surface area contributed by atoms with Gasteiger partial charge in [-0.1, -0.05) is 39.0 Å². The topological polar surface area (TPSA) is 27.1 Å². The predicted octanol–water partition coefficient (Wildman–Crippen LogP) is 3.69. The summed E-state index contributed by atoms with van der Waals surface area (Å²) in [6.07, 6.45) is 4.13. The fourth-order valence-electron chi connectivity index (χ4n) is 2.92. The molecule has 0 radical (unpaired) electrons. The Balaban J connectivity index is 2.15. The molecule has 3 heteroatoms. The smallest absolute Gasteiger partial charge is 0.0723 e. The average molecular weight is 258 g/mol. The van der Waals surface area contributed by atoms with Crippen molar-refractivity contribution in [2.24, 2.45) is 0 Å². The summed E-state index contributed by atoms with van der Waals surface area (Å²) in [4.78, 5) is 0. The van der Waals surface area contributed by atoms with Gasteiger partial charge in [-0.2, -0.15) is 5.10 Å². The van der Waals surface area contributed by atoms with Crippen LogP contribution >= 0.6 is 0 Å². The Labute approximate surface area is 114 Å². The summed E-state index contributed by atoms with van der Waals surface area (Å²) in [5, 5.41) is 5.90. The summed E-state index contributed by atoms with van der Waals surface area (Å²) < 4.78 is 7.70. The van der Waals surface area contributed by atoms with E-state index in [0.29, 0.717) is 6.04 Å². The number of nitrogens with zero attached hydrogens (tertiary/aromatic N) is 2. The van der Waals surface area contributed by atoms with Gasteiger partial charge in [0.1, 0.15) is 0 Å². The normalized spacial score (nSPS) is 18.1. The van der Waals surface area contributed by atoms with Crippen molar-refractivity contribution in [3.05, 3.63) is 30.0 Å². The Kier molecular flexibility index (Phi) is 3.09. The Morgan fingerprint density at radius 2 is 1.95 bits per heavy atom. The highest BCUT2D eigenvalue weighted by atomic mass is 16.5. The van der Waals surface area contributed by atoms with E-state index in [1.54, 1.807) is 0 Å². The quantitative estimate of drug-likeness (QED) is 0.780. The maximum absolute atomic E-state index is 5.47. The van der Waals surface area contributed by atoms with E-state index in [0.717, 1.165) is 26.1 Å². The number of aromatic nitrogens is 2. The van der Waals surface area contributed by atoms with Crippen LogP contribution in [0.4, 0.5) is 0 Å². The van der Waals surface area contributed by atoms with Crippen LogP contribution in [-0.2, 0) is 10.2 Å². The lowest BCUT2D eigenvalue weighted by molar-refractivity contribution is 0.0674. The van der Waals surface area contributed by atoms with Crippen LogP contribution in [0.2, 0.25) is 0 Å². The Morgan fingerprint density at radius 3 is 2.63 bits per heavy atom. The maximum Gasteiger partial charge on any atom is 0.0723 e. The van der Waals surface area contributed by atoms with E-state index >= 15 is 0 Å². The molecular formula is C16H22N2O. The van der Waals surface area contributed by atoms with Crippen molar-refractivity contribution in [1.82, 2.24) is 9.78 Å². The first-order valence-electron chi connectivity index (χ1n) is 7.12. The van der Waals surface area contributed by atoms with E-state index in [9.17, 15) is 0 Å². The summed E-state index contributed by atoms with van der Waals surface area (Å²) >= 11 is 0. The molecule has 0 saturated carbocycles. The predicted molar refractivity (Wildman–Crippen MR) is 77.5 cm³/mol. The number of hydrogen-bond donors (Lipinski definition) is 0. The molecule has 1 saturated heterocycles. The van der Waals surface area contributed by atoms with E-state index in [4.69, 9.17) is 4.74 Å². The van der Waals surface area contributed by atoms with Crippen LogP contribution in [0, 0.1) is 0 Å². The zero-order chi connectivity index (χ0) is 13.5. The standard InChI is InChI=1S/C16H22N2O/c1-16(2,3)14-6-4-5-12-11-17-18(15(12)14)13-7-9-19-10-8-13/h4-6,11,13H,7-10H2,1-3H3. The van der Waals surface area contributed by atoms with Crippen LogP contribution < -0.4 is 0 Å². The summed E-state index contributed by atoms with van der Waals surface area (Å²) in [6, 6.07) is 7.02. The lowest BCUT2D eigenvalue weighted by atomic mass is 9.85. The molecule has 1 fully saturated rings. The molecule has 19 heavy (non-hydrogen) atoms. The van der Waals surface area contributed by atoms with Crippen molar-refractivity contribution in [3.8, 4) is 0 Å². The second-order valence-electron chi connectivity index (χ2n) is 6.43. The first-order chi connectivity index (χ1) is 9.07. The molecule has 2 aromatic rings. The molecule has 1 aliphatic heterocycles. The first-order valence-corrected chi connectivity index (χ1v) is 7.12. The molecule has 0 amide bonds. The van der Waals surface area contributed by atoms with E-state index in [-0.39, 0.29) is 5.41 Å². The molecule has 3 nitrogen and oxygen atoms in total. The number of ether oxygens (including phenoxy) is 1. The van der Waals surface area contributed by atoms with Crippen molar-refractivity contribution in [1.29, 1.82) is 0 Å². The molecule has 1 aromatic heterocycles. The molecule has 1 aromatic carbocycles. The van der Waals surface area contributed by atoms with E-state index in [2.05, 4.69) is 48.8 Å². The summed E-state index contributed by atoms with van der Waals surface area (Å²) in [6.45, 7) is 8.50. The summed E-state index contributed by atoms with van der Waals surface area (Å²) in [5.41, 5.74) is 2.83. The molecule has 0 unspecified atom stereocenters. The van der Waals surface area contributed by atoms with Gasteiger partial charge in [0.15, 0.2) is 0 Å². The van der Waals surface area contributed by atoms with Gasteiger partial charge in [-0.3, -0.25) is 4.68 Å². The van der Waals surface area contributed by atoms with Crippen LogP contribution in [-0.4, -0.2) is 23.0 Å². The zero-order valence-corrected chi connectivity index (χ0v) is 12.0. The fourth-order valence-corrected chi connectivity index (χ4v) is 2.92. The number of hydrogen-bond acceptors (Lipinski definition) is 2. The molecule has 3 rings (SSSR count). The SMILES string of the molecule is CC(C)(C)c1cccc2cnn(C3CCOCC3)c12. The van der Waals surface area contributed by atoms with Gasteiger partial charge in [-0.15, -0.1) is 0 Å². The lowest BCUT2D eigenvalue weighted by Crippen LogP contribution is -2.22. The van der Waals surface area contributed by atoms with Crippen molar-refractivity contribution in [3.63, 3.8) is 0 Å². The van der Waals surface area contributed by atoms with Crippen LogP contribution in [0.25, 0.3) is 10.9 Å². The van der Waals surface area contributed by atoms with Crippen molar-refractivity contribution >= 4 is 10.9 Å². The maximum atomic E-state index is 5.47. The van der Waals surface area contributed by atoms with E-state index in [1.165, 1.54) is 16.5 Å². The number of fused-ring (bicyclic) bond motifs is 1. The Hall–Kier alpha value is -1.35. The monoisotopic (exact) mass is 258 g/mol. The second kappa shape index (κ2) is 4.64. The van der Waals surface area contributed by atoms with Crippen LogP contribution in [0.5, 0.6) is 0 Å². The average Bonchev–Trinajstić information content (AvgIpc) is 2.82. The Bertz CT molecular complexity index is 574. The van der Waals surface area contributed by atoms with Gasteiger partial charge in [0.25, 0.3) is 0 Å². The van der Waals surface area contributed by atoms with Crippen LogP contribution in [0.1, 0.15) is 45.2 Å². The number of benzene rings is 1. The first kappa shape index (κ1) is 12.7. The van der Waals surface area contributed by atoms with Crippen molar-refractivity contribution in [2.75, 3.05) is 13.2 Å². The molecule has 0 aliphatic carbocycles. The largest absolute Gasteiger partial charge is 0.381 e. The van der Waals surface area contributed by atoms with Gasteiger partial charge < -0.3 is 4.74 Å².